The molecule has 0 atom stereocenters. The van der Waals surface area contributed by atoms with Crippen LogP contribution < -0.4 is 14.8 Å². The van der Waals surface area contributed by atoms with Crippen LogP contribution >= 0.6 is 11.8 Å². The van der Waals surface area contributed by atoms with Gasteiger partial charge in [-0.25, -0.2) is 4.79 Å². The predicted molar refractivity (Wildman–Crippen MR) is 128 cm³/mol. The van der Waals surface area contributed by atoms with Crippen molar-refractivity contribution in [3.63, 3.8) is 0 Å². The van der Waals surface area contributed by atoms with E-state index in [0.717, 1.165) is 27.8 Å². The molecule has 0 aromatic heterocycles. The molecule has 34 heavy (non-hydrogen) atoms. The lowest BCUT2D eigenvalue weighted by Crippen LogP contribution is -2.36. The second kappa shape index (κ2) is 10.9. The van der Waals surface area contributed by atoms with E-state index in [9.17, 15) is 19.2 Å². The van der Waals surface area contributed by atoms with Crippen LogP contribution in [-0.4, -0.2) is 52.8 Å². The van der Waals surface area contributed by atoms with E-state index in [1.807, 2.05) is 19.9 Å². The number of carboxylic acid groups (broad SMARTS) is 1. The zero-order chi connectivity index (χ0) is 24.8. The van der Waals surface area contributed by atoms with Gasteiger partial charge in [0, 0.05) is 5.69 Å². The molecular weight excluding hydrogens is 460 g/mol. The first-order chi connectivity index (χ1) is 16.2. The topological polar surface area (TPSA) is 122 Å². The molecule has 1 heterocycles. The van der Waals surface area contributed by atoms with Gasteiger partial charge in [-0.2, -0.15) is 0 Å². The maximum absolute atomic E-state index is 12.8. The number of anilines is 1. The molecule has 2 N–H and O–H groups in total. The van der Waals surface area contributed by atoms with E-state index in [1.54, 1.807) is 31.2 Å². The molecule has 1 fully saturated rings. The summed E-state index contributed by atoms with van der Waals surface area (Å²) >= 11 is 0.736. The van der Waals surface area contributed by atoms with Gasteiger partial charge in [0.25, 0.3) is 11.1 Å². The summed E-state index contributed by atoms with van der Waals surface area (Å²) in [7, 11) is 0. The van der Waals surface area contributed by atoms with Gasteiger partial charge in [-0.3, -0.25) is 19.3 Å². The summed E-state index contributed by atoms with van der Waals surface area (Å²) in [5.41, 5.74) is 3.11. The van der Waals surface area contributed by atoms with Crippen LogP contribution in [0.3, 0.4) is 0 Å². The van der Waals surface area contributed by atoms with E-state index in [0.29, 0.717) is 23.6 Å². The van der Waals surface area contributed by atoms with Gasteiger partial charge in [-0.1, -0.05) is 12.1 Å². The molecule has 0 saturated carbocycles. The number of carbonyl (C=O) groups excluding carboxylic acids is 3. The second-order valence-electron chi connectivity index (χ2n) is 7.51. The lowest BCUT2D eigenvalue weighted by Gasteiger charge is -2.13. The smallest absolute Gasteiger partial charge is 0.341 e. The summed E-state index contributed by atoms with van der Waals surface area (Å²) in [6.07, 6.45) is 1.51. The van der Waals surface area contributed by atoms with Crippen molar-refractivity contribution in [2.24, 2.45) is 0 Å². The number of aryl methyl sites for hydroxylation is 2. The molecule has 178 valence electrons. The van der Waals surface area contributed by atoms with Gasteiger partial charge in [0.1, 0.15) is 6.54 Å². The van der Waals surface area contributed by atoms with Gasteiger partial charge < -0.3 is 19.9 Å². The summed E-state index contributed by atoms with van der Waals surface area (Å²) in [4.78, 5) is 49.5. The van der Waals surface area contributed by atoms with Crippen LogP contribution in [0.15, 0.2) is 41.3 Å². The minimum Gasteiger partial charge on any atom is -0.490 e. The van der Waals surface area contributed by atoms with Gasteiger partial charge in [-0.15, -0.1) is 0 Å². The predicted octanol–water partition coefficient (Wildman–Crippen LogP) is 3.84. The third-order valence-corrected chi connectivity index (χ3v) is 5.50. The Hall–Kier alpha value is -3.79. The van der Waals surface area contributed by atoms with Crippen LogP contribution in [0, 0.1) is 13.8 Å². The number of imide groups is 1. The highest BCUT2D eigenvalue weighted by molar-refractivity contribution is 8.18. The molecule has 3 rings (SSSR count). The van der Waals surface area contributed by atoms with E-state index >= 15 is 0 Å². The van der Waals surface area contributed by atoms with Crippen molar-refractivity contribution >= 4 is 46.5 Å². The van der Waals surface area contributed by atoms with Crippen LogP contribution in [-0.2, 0) is 14.4 Å². The normalized spacial score (nSPS) is 14.4. The number of thioether (sulfide) groups is 1. The van der Waals surface area contributed by atoms with Gasteiger partial charge in [0.15, 0.2) is 18.1 Å². The molecule has 0 spiro atoms. The first-order valence-corrected chi connectivity index (χ1v) is 11.2. The molecule has 0 bridgehead atoms. The molecule has 2 aromatic rings. The van der Waals surface area contributed by atoms with E-state index in [2.05, 4.69) is 5.32 Å². The van der Waals surface area contributed by atoms with E-state index in [4.69, 9.17) is 14.6 Å². The third-order valence-electron chi connectivity index (χ3n) is 4.60. The Labute approximate surface area is 200 Å². The van der Waals surface area contributed by atoms with Gasteiger partial charge in [0.05, 0.1) is 11.5 Å². The van der Waals surface area contributed by atoms with Crippen LogP contribution in [0.5, 0.6) is 11.5 Å². The highest BCUT2D eigenvalue weighted by Crippen LogP contribution is 2.34. The Morgan fingerprint density at radius 1 is 1.06 bits per heavy atom. The number of amides is 3. The monoisotopic (exact) mass is 484 g/mol. The zero-order valence-electron chi connectivity index (χ0n) is 18.9. The summed E-state index contributed by atoms with van der Waals surface area (Å²) in [5.74, 6) is -1.62. The van der Waals surface area contributed by atoms with Crippen molar-refractivity contribution in [1.29, 1.82) is 0 Å². The average Bonchev–Trinajstić information content (AvgIpc) is 3.00. The Morgan fingerprint density at radius 3 is 2.41 bits per heavy atom. The first kappa shape index (κ1) is 24.8. The Balaban J connectivity index is 1.72. The van der Waals surface area contributed by atoms with Gasteiger partial charge in [0.2, 0.25) is 5.91 Å². The van der Waals surface area contributed by atoms with E-state index in [1.165, 1.54) is 12.1 Å². The third kappa shape index (κ3) is 6.38. The van der Waals surface area contributed by atoms with E-state index in [-0.39, 0.29) is 10.7 Å². The second-order valence-corrected chi connectivity index (χ2v) is 8.51. The zero-order valence-corrected chi connectivity index (χ0v) is 19.7. The van der Waals surface area contributed by atoms with E-state index < -0.39 is 36.2 Å². The van der Waals surface area contributed by atoms with Crippen molar-refractivity contribution in [1.82, 2.24) is 4.90 Å². The summed E-state index contributed by atoms with van der Waals surface area (Å²) in [6.45, 7) is 4.97. The number of rotatable bonds is 9. The van der Waals surface area contributed by atoms with Crippen molar-refractivity contribution in [3.05, 3.63) is 58.0 Å². The number of benzene rings is 2. The lowest BCUT2D eigenvalue weighted by atomic mass is 10.1. The average molecular weight is 485 g/mol. The molecule has 0 aliphatic carbocycles. The first-order valence-electron chi connectivity index (χ1n) is 10.4. The fraction of sp³-hybridized carbons (Fsp3) is 0.250. The minimum absolute atomic E-state index is 0.158. The molecule has 2 aromatic carbocycles. The Bertz CT molecular complexity index is 1160. The van der Waals surface area contributed by atoms with Crippen molar-refractivity contribution in [2.45, 2.75) is 20.8 Å². The molecule has 9 nitrogen and oxygen atoms in total. The molecular formula is C24H24N2O7S. The maximum atomic E-state index is 12.8. The molecule has 1 aliphatic rings. The molecule has 0 unspecified atom stereocenters. The molecule has 0 radical (unpaired) electrons. The number of hydrogen-bond acceptors (Lipinski definition) is 7. The quantitative estimate of drug-likeness (QED) is 0.515. The van der Waals surface area contributed by atoms with Crippen molar-refractivity contribution in [3.8, 4) is 11.5 Å². The van der Waals surface area contributed by atoms with Crippen LogP contribution in [0.2, 0.25) is 0 Å². The minimum atomic E-state index is -1.12. The van der Waals surface area contributed by atoms with Gasteiger partial charge >= 0.3 is 5.97 Å². The van der Waals surface area contributed by atoms with Crippen molar-refractivity contribution < 1.29 is 33.8 Å². The number of carboxylic acids is 1. The number of nitrogens with zero attached hydrogens (tertiary/aromatic N) is 1. The summed E-state index contributed by atoms with van der Waals surface area (Å²) in [6, 6.07) is 10.3. The largest absolute Gasteiger partial charge is 0.490 e. The molecule has 1 aliphatic heterocycles. The SMILES string of the molecule is CCOc1cc(/C=C2/SC(=O)N(CC(=O)Nc3cc(C)cc(C)c3)C2=O)ccc1OCC(=O)O. The number of ether oxygens (including phenoxy) is 2. The van der Waals surface area contributed by atoms with Crippen LogP contribution in [0.4, 0.5) is 10.5 Å². The van der Waals surface area contributed by atoms with Gasteiger partial charge in [-0.05, 0) is 79.6 Å². The molecule has 3 amide bonds. The Morgan fingerprint density at radius 2 is 1.76 bits per heavy atom. The molecule has 10 heteroatoms. The van der Waals surface area contributed by atoms with Crippen molar-refractivity contribution in [2.75, 3.05) is 25.1 Å². The highest BCUT2D eigenvalue weighted by Gasteiger charge is 2.36. The number of aliphatic carboxylic acids is 1. The number of nitrogens with one attached hydrogen (secondary N) is 1. The molecule has 1 saturated heterocycles. The fourth-order valence-electron chi connectivity index (χ4n) is 3.32. The summed E-state index contributed by atoms with van der Waals surface area (Å²) in [5, 5.41) is 11.0. The fourth-order valence-corrected chi connectivity index (χ4v) is 4.16. The summed E-state index contributed by atoms with van der Waals surface area (Å²) < 4.78 is 10.7. The highest BCUT2D eigenvalue weighted by atomic mass is 32.2. The Kier molecular flexibility index (Phi) is 7.95. The van der Waals surface area contributed by atoms with Crippen LogP contribution in [0.1, 0.15) is 23.6 Å². The van der Waals surface area contributed by atoms with Crippen LogP contribution in [0.25, 0.3) is 6.08 Å². The standard InChI is InChI=1S/C24H24N2O7S/c1-4-32-19-10-16(5-6-18(19)33-13-22(28)29)11-20-23(30)26(24(31)34-20)12-21(27)25-17-8-14(2)7-15(3)9-17/h5-11H,4,12-13H2,1-3H3,(H,25,27)(H,28,29)/b20-11+. The lowest BCUT2D eigenvalue weighted by molar-refractivity contribution is -0.139. The maximum Gasteiger partial charge on any atom is 0.341 e. The number of carbonyl (C=O) groups is 4. The number of hydrogen-bond donors (Lipinski definition) is 2.